The van der Waals surface area contributed by atoms with Gasteiger partial charge in [-0.05, 0) is 30.5 Å². The van der Waals surface area contributed by atoms with E-state index in [4.69, 9.17) is 12.2 Å². The summed E-state index contributed by atoms with van der Waals surface area (Å²) in [6, 6.07) is 0.719. The van der Waals surface area contributed by atoms with Crippen LogP contribution in [0.5, 0.6) is 0 Å². The first kappa shape index (κ1) is 11.1. The van der Waals surface area contributed by atoms with Crippen molar-refractivity contribution in [3.05, 3.63) is 0 Å². The number of thiocarbonyl (C=S) groups is 1. The summed E-state index contributed by atoms with van der Waals surface area (Å²) in [4.78, 5) is 2.48. The Morgan fingerprint density at radius 1 is 1.20 bits per heavy atom. The molecule has 0 spiro atoms. The number of hydrogen-bond acceptors (Lipinski definition) is 2. The molecule has 0 aromatic rings. The van der Waals surface area contributed by atoms with E-state index in [1.807, 2.05) is 0 Å². The summed E-state index contributed by atoms with van der Waals surface area (Å²) in [5, 5.41) is 7.22. The van der Waals surface area contributed by atoms with Crippen LogP contribution in [0.25, 0.3) is 0 Å². The van der Waals surface area contributed by atoms with E-state index in [-0.39, 0.29) is 0 Å². The number of nitrogens with one attached hydrogen (secondary N) is 2. The Morgan fingerprint density at radius 3 is 2.53 bits per heavy atom. The van der Waals surface area contributed by atoms with Crippen molar-refractivity contribution in [1.29, 1.82) is 0 Å². The smallest absolute Gasteiger partial charge is 0.168 e. The second-order valence-electron chi connectivity index (χ2n) is 4.92. The van der Waals surface area contributed by atoms with Crippen molar-refractivity contribution < 1.29 is 0 Å². The highest BCUT2D eigenvalue weighted by Crippen LogP contribution is 2.32. The summed E-state index contributed by atoms with van der Waals surface area (Å²) >= 11 is 5.06. The van der Waals surface area contributed by atoms with Gasteiger partial charge in [0.05, 0.1) is 13.3 Å². The van der Waals surface area contributed by atoms with Crippen LogP contribution in [-0.4, -0.2) is 29.4 Å². The van der Waals surface area contributed by atoms with Gasteiger partial charge in [0.25, 0.3) is 0 Å². The molecule has 0 unspecified atom stereocenters. The molecule has 86 valence electrons. The standard InChI is InChI=1S/C11H21N3S/c1-8-4-3-5-10(9(8)2)14-6-12-11(15)13-7-14/h8-10H,3-7H2,1-2H3,(H2,12,13,15)/t8-,9+,10-/m0/s1. The maximum atomic E-state index is 5.06. The van der Waals surface area contributed by atoms with Crippen molar-refractivity contribution in [1.82, 2.24) is 15.5 Å². The molecule has 2 N–H and O–H groups in total. The summed E-state index contributed by atoms with van der Waals surface area (Å²) in [5.74, 6) is 1.66. The first-order valence-electron chi connectivity index (χ1n) is 5.94. The minimum atomic E-state index is 0.719. The third-order valence-electron chi connectivity index (χ3n) is 4.02. The van der Waals surface area contributed by atoms with Crippen molar-refractivity contribution in [3.8, 4) is 0 Å². The van der Waals surface area contributed by atoms with Crippen LogP contribution in [0.1, 0.15) is 33.1 Å². The molecule has 2 fully saturated rings. The van der Waals surface area contributed by atoms with Gasteiger partial charge in [0.2, 0.25) is 0 Å². The molecule has 2 aliphatic rings. The van der Waals surface area contributed by atoms with Gasteiger partial charge >= 0.3 is 0 Å². The van der Waals surface area contributed by atoms with Gasteiger partial charge in [0.15, 0.2) is 5.11 Å². The van der Waals surface area contributed by atoms with Crippen molar-refractivity contribution in [3.63, 3.8) is 0 Å². The van der Waals surface area contributed by atoms with E-state index >= 15 is 0 Å². The number of hydrogen-bond donors (Lipinski definition) is 2. The molecule has 1 aliphatic heterocycles. The molecule has 3 nitrogen and oxygen atoms in total. The van der Waals surface area contributed by atoms with Crippen molar-refractivity contribution >= 4 is 17.3 Å². The van der Waals surface area contributed by atoms with E-state index in [2.05, 4.69) is 29.4 Å². The topological polar surface area (TPSA) is 27.3 Å². The second kappa shape index (κ2) is 4.66. The lowest BCUT2D eigenvalue weighted by Crippen LogP contribution is -2.59. The Labute approximate surface area is 97.6 Å². The SMILES string of the molecule is C[C@@H]1[C@@H](C)CCC[C@@H]1N1CNC(=S)NC1. The Bertz CT molecular complexity index is 234. The highest BCUT2D eigenvalue weighted by atomic mass is 32.1. The Hall–Kier alpha value is -0.350. The molecule has 2 rings (SSSR count). The van der Waals surface area contributed by atoms with Gasteiger partial charge < -0.3 is 10.6 Å². The van der Waals surface area contributed by atoms with Crippen LogP contribution in [0.2, 0.25) is 0 Å². The zero-order valence-corrected chi connectivity index (χ0v) is 10.4. The summed E-state index contributed by atoms with van der Waals surface area (Å²) in [6.07, 6.45) is 4.10. The summed E-state index contributed by atoms with van der Waals surface area (Å²) in [5.41, 5.74) is 0. The molecular formula is C11H21N3S. The van der Waals surface area contributed by atoms with Gasteiger partial charge in [0.1, 0.15) is 0 Å². The normalized spacial score (nSPS) is 38.3. The van der Waals surface area contributed by atoms with Gasteiger partial charge in [-0.15, -0.1) is 0 Å². The highest BCUT2D eigenvalue weighted by molar-refractivity contribution is 7.80. The van der Waals surface area contributed by atoms with Crippen molar-refractivity contribution in [2.24, 2.45) is 11.8 Å². The molecule has 0 aromatic carbocycles. The average Bonchev–Trinajstić information content (AvgIpc) is 2.24. The first-order chi connectivity index (χ1) is 7.18. The van der Waals surface area contributed by atoms with Crippen molar-refractivity contribution in [2.45, 2.75) is 39.2 Å². The quantitative estimate of drug-likeness (QED) is 0.664. The highest BCUT2D eigenvalue weighted by Gasteiger charge is 2.32. The van der Waals surface area contributed by atoms with Crippen LogP contribution in [0.4, 0.5) is 0 Å². The van der Waals surface area contributed by atoms with E-state index in [1.54, 1.807) is 0 Å². The van der Waals surface area contributed by atoms with E-state index in [1.165, 1.54) is 19.3 Å². The Kier molecular flexibility index (Phi) is 3.46. The molecule has 4 heteroatoms. The lowest BCUT2D eigenvalue weighted by atomic mass is 9.77. The first-order valence-corrected chi connectivity index (χ1v) is 6.35. The molecule has 15 heavy (non-hydrogen) atoms. The fourth-order valence-corrected chi connectivity index (χ4v) is 2.90. The van der Waals surface area contributed by atoms with Gasteiger partial charge in [-0.2, -0.15) is 0 Å². The van der Waals surface area contributed by atoms with E-state index in [9.17, 15) is 0 Å². The Morgan fingerprint density at radius 2 is 1.87 bits per heavy atom. The minimum absolute atomic E-state index is 0.719. The molecule has 0 amide bonds. The third-order valence-corrected chi connectivity index (χ3v) is 4.31. The lowest BCUT2D eigenvalue weighted by Gasteiger charge is -2.43. The number of rotatable bonds is 1. The van der Waals surface area contributed by atoms with Crippen LogP contribution in [0.3, 0.4) is 0 Å². The summed E-state index contributed by atoms with van der Waals surface area (Å²) in [7, 11) is 0. The molecule has 3 atom stereocenters. The average molecular weight is 227 g/mol. The van der Waals surface area contributed by atoms with Gasteiger partial charge in [-0.3, -0.25) is 4.90 Å². The zero-order valence-electron chi connectivity index (χ0n) is 9.62. The second-order valence-corrected chi connectivity index (χ2v) is 5.33. The fourth-order valence-electron chi connectivity index (χ4n) is 2.77. The fraction of sp³-hybridized carbons (Fsp3) is 0.909. The van der Waals surface area contributed by atoms with E-state index in [0.29, 0.717) is 0 Å². The zero-order chi connectivity index (χ0) is 10.8. The largest absolute Gasteiger partial charge is 0.350 e. The molecule has 0 aromatic heterocycles. The maximum Gasteiger partial charge on any atom is 0.168 e. The van der Waals surface area contributed by atoms with Crippen LogP contribution >= 0.6 is 12.2 Å². The molecule has 1 aliphatic carbocycles. The minimum Gasteiger partial charge on any atom is -0.350 e. The van der Waals surface area contributed by atoms with Gasteiger partial charge in [-0.25, -0.2) is 0 Å². The molecule has 0 bridgehead atoms. The van der Waals surface area contributed by atoms with Gasteiger partial charge in [0, 0.05) is 6.04 Å². The van der Waals surface area contributed by atoms with E-state index in [0.717, 1.165) is 36.3 Å². The van der Waals surface area contributed by atoms with Crippen LogP contribution < -0.4 is 10.6 Å². The van der Waals surface area contributed by atoms with Crippen LogP contribution in [0, 0.1) is 11.8 Å². The molecule has 0 radical (unpaired) electrons. The van der Waals surface area contributed by atoms with Crippen LogP contribution in [0.15, 0.2) is 0 Å². The Balaban J connectivity index is 1.94. The van der Waals surface area contributed by atoms with Crippen LogP contribution in [-0.2, 0) is 0 Å². The lowest BCUT2D eigenvalue weighted by molar-refractivity contribution is 0.0696. The third kappa shape index (κ3) is 2.42. The monoisotopic (exact) mass is 227 g/mol. The van der Waals surface area contributed by atoms with E-state index < -0.39 is 0 Å². The maximum absolute atomic E-state index is 5.06. The van der Waals surface area contributed by atoms with Crippen molar-refractivity contribution in [2.75, 3.05) is 13.3 Å². The van der Waals surface area contributed by atoms with Gasteiger partial charge in [-0.1, -0.05) is 26.7 Å². The number of nitrogens with zero attached hydrogens (tertiary/aromatic N) is 1. The summed E-state index contributed by atoms with van der Waals surface area (Å²) in [6.45, 7) is 6.59. The molecular weight excluding hydrogens is 206 g/mol. The molecule has 1 heterocycles. The predicted octanol–water partition coefficient (Wildman–Crippen LogP) is 1.51. The molecule has 1 saturated carbocycles. The molecule has 1 saturated heterocycles. The predicted molar refractivity (Wildman–Crippen MR) is 66.4 cm³/mol. The summed E-state index contributed by atoms with van der Waals surface area (Å²) < 4.78 is 0.